The van der Waals surface area contributed by atoms with Gasteiger partial charge in [0.15, 0.2) is 0 Å². The average Bonchev–Trinajstić information content (AvgIpc) is 1.60. The zero-order chi connectivity index (χ0) is 99.7. The number of nitrogens with zero attached hydrogens (tertiary/aromatic N) is 8. The Morgan fingerprint density at radius 2 is 0.333 bits per heavy atom. The second-order valence-corrected chi connectivity index (χ2v) is 36.6. The Bertz CT molecular complexity index is 6720. The van der Waals surface area contributed by atoms with Gasteiger partial charge in [-0.1, -0.05) is 206 Å². The number of rotatable bonds is 18. The molecule has 144 heavy (non-hydrogen) atoms. The molecule has 0 spiro atoms. The van der Waals surface area contributed by atoms with Gasteiger partial charge in [0.1, 0.15) is 23.0 Å². The summed E-state index contributed by atoms with van der Waals surface area (Å²) >= 11 is 0. The average molecular weight is 2050 g/mol. The van der Waals surface area contributed by atoms with E-state index in [0.717, 1.165) is 214 Å². The first-order valence-corrected chi connectivity index (χ1v) is 48.1. The molecule has 4 heterocycles. The Hall–Kier alpha value is -14.8. The second-order valence-electron chi connectivity index (χ2n) is 36.6. The molecule has 0 saturated carbocycles. The van der Waals surface area contributed by atoms with Crippen LogP contribution in [0.25, 0.3) is 110 Å². The molecule has 18 aromatic carbocycles. The topological polar surface area (TPSA) is 114 Å². The Morgan fingerprint density at radius 3 is 0.465 bits per heavy atom. The third-order valence-corrected chi connectivity index (χ3v) is 24.9. The fourth-order valence-corrected chi connectivity index (χ4v) is 18.2. The molecule has 14 heteroatoms. The Kier molecular flexibility index (Phi) is 37.9. The van der Waals surface area contributed by atoms with Crippen molar-refractivity contribution >= 4 is 87.2 Å². The van der Waals surface area contributed by atoms with Gasteiger partial charge in [0.25, 0.3) is 0 Å². The van der Waals surface area contributed by atoms with Gasteiger partial charge in [-0.25, -0.2) is 0 Å². The number of benzene rings is 18. The van der Waals surface area contributed by atoms with E-state index >= 15 is 0 Å². The van der Waals surface area contributed by atoms with Gasteiger partial charge >= 0.3 is 52.4 Å². The molecular formula is C130H126N8O4Zr2+2. The van der Waals surface area contributed by atoms with Gasteiger partial charge in [-0.3, -0.25) is 9.80 Å². The van der Waals surface area contributed by atoms with Gasteiger partial charge < -0.3 is 48.5 Å². The molecule has 22 aromatic rings. The number of phenols is 4. The fraction of sp³-hybridized carbons (Fsp3) is 0.123. The number of aromatic hydroxyl groups is 4. The molecule has 4 N–H and O–H groups in total. The van der Waals surface area contributed by atoms with E-state index in [1.807, 2.05) is 182 Å². The van der Waals surface area contributed by atoms with E-state index in [4.69, 9.17) is 0 Å². The molecule has 0 aliphatic heterocycles. The van der Waals surface area contributed by atoms with Crippen LogP contribution in [-0.2, 0) is 78.6 Å². The van der Waals surface area contributed by atoms with Crippen molar-refractivity contribution in [2.24, 2.45) is 0 Å². The molecule has 0 radical (unpaired) electrons. The summed E-state index contributed by atoms with van der Waals surface area (Å²) in [7, 11) is 8.31. The van der Waals surface area contributed by atoms with E-state index in [9.17, 15) is 20.4 Å². The normalized spacial score (nSPS) is 10.9. The summed E-state index contributed by atoms with van der Waals surface area (Å²) in [5.74, 6) is 1.10. The predicted molar refractivity (Wildman–Crippen MR) is 599 cm³/mol. The standard InChI is InChI=1S/2C44H42N4O2.6C7H7.2Zr/c2*1-29-23-31(43(49)41(25-29)47-37-17-9-5-13-33(37)34-14-6-10-18-38(34)47)27-46(22-21-45(3)4)28-32-24-30(2)26-42(44(32)50)48-39-19-11-7-15-35(39)36-16-8-12-20-40(36)48;6*1-7-5-3-2-4-6-7;;/h2*5-20,23-26,49-50H,21-22,27-28H2,1-4H3;6*2-6H,1H2;;/q;;6*-1;2*+4. The molecule has 0 aliphatic rings. The Balaban J connectivity index is 0.000000169. The SMILES string of the molecule is Cc1cc(CN(CCN(C)C)Cc2cc(C)cc(-n3c4ccccc4c4ccccc43)c2O)c(O)c(-n2c3ccccc3c3ccccc32)c1.Cc1cc(CN(CCN(C)C)Cc2cc(C)cc(-n3c4ccccc4c4ccccc43)c2O)c(O)c(-n2c3ccccc3c3ccccc32)c1.[CH2-]c1ccccc1.[CH2-]c1ccccc1.[CH2-]c1ccccc1.[CH2-]c1ccccc1.[CH2-]c1ccccc1.[CH2-]c1ccccc1.[Zr+4].[Zr+4]. The zero-order valence-corrected chi connectivity index (χ0v) is 88.6. The number of fused-ring (bicyclic) bond motifs is 12. The summed E-state index contributed by atoms with van der Waals surface area (Å²) in [6.45, 7) is 35.9. The first-order valence-electron chi connectivity index (χ1n) is 48.1. The second kappa shape index (κ2) is 51.2. The molecular weight excluding hydrogens is 1920 g/mol. The maximum absolute atomic E-state index is 12.1. The number of likely N-dealkylation sites (N-methyl/N-ethyl adjacent to an activating group) is 2. The minimum atomic E-state index is 0. The van der Waals surface area contributed by atoms with Gasteiger partial charge in [0.05, 0.1) is 66.9 Å². The maximum Gasteiger partial charge on any atom is 4.00 e. The van der Waals surface area contributed by atoms with E-state index < -0.39 is 0 Å². The number of hydrogen-bond acceptors (Lipinski definition) is 8. The van der Waals surface area contributed by atoms with Gasteiger partial charge in [-0.05, 0) is 151 Å². The number of aryl methyl sites for hydroxylation is 4. The molecule has 0 bridgehead atoms. The maximum atomic E-state index is 12.1. The Labute approximate surface area is 888 Å². The summed E-state index contributed by atoms with van der Waals surface area (Å²) < 4.78 is 8.74. The van der Waals surface area contributed by atoms with Crippen LogP contribution >= 0.6 is 0 Å². The summed E-state index contributed by atoms with van der Waals surface area (Å²) in [4.78, 5) is 9.00. The van der Waals surface area contributed by atoms with E-state index in [0.29, 0.717) is 26.2 Å². The van der Waals surface area contributed by atoms with Gasteiger partial charge in [-0.2, -0.15) is 148 Å². The van der Waals surface area contributed by atoms with Crippen LogP contribution in [0.2, 0.25) is 0 Å². The van der Waals surface area contributed by atoms with Crippen LogP contribution in [0, 0.1) is 69.2 Å². The summed E-state index contributed by atoms with van der Waals surface area (Å²) in [5, 5.41) is 57.5. The van der Waals surface area contributed by atoms with Crippen molar-refractivity contribution in [1.29, 1.82) is 0 Å². The van der Waals surface area contributed by atoms with E-state index in [1.54, 1.807) is 0 Å². The van der Waals surface area contributed by atoms with Crippen LogP contribution in [0.15, 0.2) is 425 Å². The van der Waals surface area contributed by atoms with Gasteiger partial charge in [0, 0.05) is 118 Å². The van der Waals surface area contributed by atoms with Crippen molar-refractivity contribution in [3.8, 4) is 45.7 Å². The predicted octanol–water partition coefficient (Wildman–Crippen LogP) is 30.2. The largest absolute Gasteiger partial charge is 4.00 e. The van der Waals surface area contributed by atoms with Crippen molar-refractivity contribution in [3.05, 3.63) is 544 Å². The first-order chi connectivity index (χ1) is 68.9. The minimum absolute atomic E-state index is 0. The molecule has 0 fully saturated rings. The van der Waals surface area contributed by atoms with Crippen LogP contribution < -0.4 is 0 Å². The van der Waals surface area contributed by atoms with Crippen LogP contribution in [0.3, 0.4) is 0 Å². The van der Waals surface area contributed by atoms with Crippen LogP contribution in [0.4, 0.5) is 0 Å². The molecule has 0 unspecified atom stereocenters. The molecule has 0 aliphatic carbocycles. The van der Waals surface area contributed by atoms with Crippen LogP contribution in [-0.4, -0.2) is 113 Å². The van der Waals surface area contributed by atoms with Crippen LogP contribution in [0.5, 0.6) is 23.0 Å². The molecule has 0 atom stereocenters. The molecule has 716 valence electrons. The monoisotopic (exact) mass is 2040 g/mol. The van der Waals surface area contributed by atoms with Crippen molar-refractivity contribution in [1.82, 2.24) is 37.9 Å². The molecule has 22 rings (SSSR count). The zero-order valence-electron chi connectivity index (χ0n) is 83.7. The quantitative estimate of drug-likeness (QED) is 0.0629. The minimum Gasteiger partial charge on any atom is -0.505 e. The van der Waals surface area contributed by atoms with Crippen molar-refractivity contribution in [2.75, 3.05) is 54.4 Å². The van der Waals surface area contributed by atoms with E-state index in [2.05, 4.69) is 378 Å². The van der Waals surface area contributed by atoms with Crippen molar-refractivity contribution in [2.45, 2.75) is 53.9 Å². The summed E-state index contributed by atoms with van der Waals surface area (Å²) in [6.07, 6.45) is 0. The number of aromatic nitrogens is 4. The van der Waals surface area contributed by atoms with E-state index in [-0.39, 0.29) is 75.4 Å². The third kappa shape index (κ3) is 26.7. The number of hydrogen-bond donors (Lipinski definition) is 4. The van der Waals surface area contributed by atoms with Crippen LogP contribution in [0.1, 0.15) is 77.9 Å². The molecule has 12 nitrogen and oxygen atoms in total. The van der Waals surface area contributed by atoms with Gasteiger partial charge in [-0.15, -0.1) is 72.8 Å². The third-order valence-electron chi connectivity index (χ3n) is 24.9. The molecule has 0 saturated heterocycles. The van der Waals surface area contributed by atoms with Gasteiger partial charge in [0.2, 0.25) is 0 Å². The van der Waals surface area contributed by atoms with Crippen molar-refractivity contribution in [3.63, 3.8) is 0 Å². The van der Waals surface area contributed by atoms with E-state index in [1.165, 1.54) is 0 Å². The molecule has 4 aromatic heterocycles. The smallest absolute Gasteiger partial charge is 0.505 e. The Morgan fingerprint density at radius 1 is 0.194 bits per heavy atom. The fourth-order valence-electron chi connectivity index (χ4n) is 18.2. The number of para-hydroxylation sites is 8. The van der Waals surface area contributed by atoms with Crippen molar-refractivity contribution < 1.29 is 72.8 Å². The number of phenolic OH excluding ortho intramolecular Hbond substituents is 4. The summed E-state index contributed by atoms with van der Waals surface area (Å²) in [6, 6.07) is 143. The molecule has 0 amide bonds. The first kappa shape index (κ1) is 106. The summed E-state index contributed by atoms with van der Waals surface area (Å²) in [5.41, 5.74) is 25.8.